The maximum absolute atomic E-state index is 10.2. The Morgan fingerprint density at radius 3 is 2.16 bits per heavy atom. The Balaban J connectivity index is 2.05. The molecule has 1 unspecified atom stereocenters. The Hall–Kier alpha value is -1.93. The number of methoxy groups -OCH3 is 2. The van der Waals surface area contributed by atoms with Gasteiger partial charge in [-0.15, -0.1) is 0 Å². The van der Waals surface area contributed by atoms with E-state index >= 15 is 0 Å². The van der Waals surface area contributed by atoms with Crippen LogP contribution in [0, 0.1) is 17.2 Å². The van der Waals surface area contributed by atoms with Gasteiger partial charge in [-0.1, -0.05) is 43.1 Å². The zero-order valence-corrected chi connectivity index (χ0v) is 20.6. The largest absolute Gasteiger partial charge is 0.497 e. The lowest BCUT2D eigenvalue weighted by Crippen LogP contribution is -2.32. The summed E-state index contributed by atoms with van der Waals surface area (Å²) in [7, 11) is 5.37. The van der Waals surface area contributed by atoms with Crippen LogP contribution in [-0.4, -0.2) is 39.3 Å². The average molecular weight is 463 g/mol. The van der Waals surface area contributed by atoms with Gasteiger partial charge in [0.2, 0.25) is 0 Å². The Labute approximate surface area is 196 Å². The number of ether oxygens (including phenoxy) is 2. The topological polar surface area (TPSA) is 45.5 Å². The number of hydrogen-bond acceptors (Lipinski definition) is 4. The molecule has 2 aromatic carbocycles. The Morgan fingerprint density at radius 1 is 1.00 bits per heavy atom. The molecule has 0 aromatic heterocycles. The summed E-state index contributed by atoms with van der Waals surface area (Å²) in [5.74, 6) is 1.55. The number of likely N-dealkylation sites (N-methyl/N-ethyl adjacent to an activating group) is 1. The van der Waals surface area contributed by atoms with Crippen LogP contribution in [0.5, 0.6) is 11.5 Å². The van der Waals surface area contributed by atoms with Crippen LogP contribution in [0.25, 0.3) is 0 Å². The van der Waals surface area contributed by atoms with Crippen LogP contribution >= 0.6 is 23.2 Å². The van der Waals surface area contributed by atoms with E-state index < -0.39 is 5.41 Å². The molecular formula is C25H32Cl2N2O2. The van der Waals surface area contributed by atoms with E-state index in [1.165, 1.54) is 5.56 Å². The summed E-state index contributed by atoms with van der Waals surface area (Å²) in [5.41, 5.74) is 1.50. The van der Waals surface area contributed by atoms with Gasteiger partial charge in [-0.25, -0.2) is 0 Å². The van der Waals surface area contributed by atoms with Crippen LogP contribution in [-0.2, 0) is 11.8 Å². The van der Waals surface area contributed by atoms with Crippen molar-refractivity contribution >= 4 is 23.2 Å². The summed E-state index contributed by atoms with van der Waals surface area (Å²) >= 11 is 12.1. The molecule has 0 aliphatic heterocycles. The standard InChI is InChI=1S/C25H32Cl2N2O2/c1-18(2)25(17-28,20-14-21(30-4)16-22(15-20)31-5)10-6-11-29(3)12-9-19-7-8-23(26)24(27)13-19/h7-8,13-16,18H,6,9-12H2,1-5H3. The van der Waals surface area contributed by atoms with Crippen molar-refractivity contribution in [2.45, 2.75) is 38.5 Å². The first kappa shape index (κ1) is 25.3. The first-order valence-corrected chi connectivity index (χ1v) is 11.3. The van der Waals surface area contributed by atoms with Gasteiger partial charge >= 0.3 is 0 Å². The minimum atomic E-state index is -0.605. The Morgan fingerprint density at radius 2 is 1.65 bits per heavy atom. The summed E-state index contributed by atoms with van der Waals surface area (Å²) < 4.78 is 10.9. The van der Waals surface area contributed by atoms with Crippen LogP contribution in [0.4, 0.5) is 0 Å². The molecule has 2 aromatic rings. The lowest BCUT2D eigenvalue weighted by molar-refractivity contribution is 0.292. The molecule has 0 heterocycles. The molecule has 0 bridgehead atoms. The van der Waals surface area contributed by atoms with E-state index in [1.807, 2.05) is 36.4 Å². The summed E-state index contributed by atoms with van der Waals surface area (Å²) in [5, 5.41) is 11.4. The number of benzene rings is 2. The molecule has 0 saturated carbocycles. The quantitative estimate of drug-likeness (QED) is 0.388. The minimum absolute atomic E-state index is 0.149. The molecular weight excluding hydrogens is 431 g/mol. The first-order chi connectivity index (χ1) is 14.7. The third kappa shape index (κ3) is 6.53. The second-order valence-electron chi connectivity index (χ2n) is 8.24. The van der Waals surface area contributed by atoms with E-state index in [0.29, 0.717) is 21.5 Å². The molecule has 0 amide bonds. The molecule has 0 saturated heterocycles. The minimum Gasteiger partial charge on any atom is -0.497 e. The molecule has 0 N–H and O–H groups in total. The Bertz CT molecular complexity index is 889. The summed E-state index contributed by atoms with van der Waals surface area (Å²) in [6.07, 6.45) is 2.56. The highest BCUT2D eigenvalue weighted by Crippen LogP contribution is 2.40. The highest BCUT2D eigenvalue weighted by atomic mass is 35.5. The monoisotopic (exact) mass is 462 g/mol. The number of rotatable bonds is 11. The van der Waals surface area contributed by atoms with E-state index in [-0.39, 0.29) is 5.92 Å². The van der Waals surface area contributed by atoms with E-state index in [2.05, 4.69) is 31.9 Å². The van der Waals surface area contributed by atoms with Crippen molar-refractivity contribution in [3.8, 4) is 17.6 Å². The first-order valence-electron chi connectivity index (χ1n) is 10.5. The maximum Gasteiger partial charge on any atom is 0.122 e. The SMILES string of the molecule is COc1cc(OC)cc(C(C#N)(CCCN(C)CCc2ccc(Cl)c(Cl)c2)C(C)C)c1. The molecule has 0 fully saturated rings. The molecule has 0 aliphatic rings. The number of halogens is 2. The molecule has 1 atom stereocenters. The second-order valence-corrected chi connectivity index (χ2v) is 9.06. The predicted octanol–water partition coefficient (Wildman–Crippen LogP) is 6.38. The van der Waals surface area contributed by atoms with Crippen molar-refractivity contribution in [2.24, 2.45) is 5.92 Å². The van der Waals surface area contributed by atoms with Crippen molar-refractivity contribution in [2.75, 3.05) is 34.4 Å². The van der Waals surface area contributed by atoms with Gasteiger partial charge in [-0.2, -0.15) is 5.26 Å². The van der Waals surface area contributed by atoms with Crippen molar-refractivity contribution in [1.29, 1.82) is 5.26 Å². The number of hydrogen-bond donors (Lipinski definition) is 0. The number of nitrogens with zero attached hydrogens (tertiary/aromatic N) is 2. The van der Waals surface area contributed by atoms with Gasteiger partial charge in [0.15, 0.2) is 0 Å². The third-order valence-corrected chi connectivity index (χ3v) is 6.67. The lowest BCUT2D eigenvalue weighted by atomic mass is 9.69. The Kier molecular flexibility index (Phi) is 9.50. The molecule has 4 nitrogen and oxygen atoms in total. The van der Waals surface area contributed by atoms with E-state index in [4.69, 9.17) is 32.7 Å². The zero-order valence-electron chi connectivity index (χ0n) is 19.0. The number of nitriles is 1. The average Bonchev–Trinajstić information content (AvgIpc) is 2.77. The van der Waals surface area contributed by atoms with Gasteiger partial charge in [-0.3, -0.25) is 0 Å². The van der Waals surface area contributed by atoms with Crippen LogP contribution < -0.4 is 9.47 Å². The normalized spacial score (nSPS) is 13.2. The summed E-state index contributed by atoms with van der Waals surface area (Å²) in [6, 6.07) is 14.1. The van der Waals surface area contributed by atoms with Crippen LogP contribution in [0.1, 0.15) is 37.8 Å². The molecule has 0 spiro atoms. The van der Waals surface area contributed by atoms with Crippen molar-refractivity contribution in [3.63, 3.8) is 0 Å². The molecule has 0 radical (unpaired) electrons. The van der Waals surface area contributed by atoms with Gasteiger partial charge in [0.25, 0.3) is 0 Å². The summed E-state index contributed by atoms with van der Waals surface area (Å²) in [6.45, 7) is 6.01. The highest BCUT2D eigenvalue weighted by Gasteiger charge is 2.36. The van der Waals surface area contributed by atoms with Gasteiger partial charge in [-0.05, 0) is 74.2 Å². The van der Waals surface area contributed by atoms with Crippen LogP contribution in [0.2, 0.25) is 10.0 Å². The fraction of sp³-hybridized carbons (Fsp3) is 0.480. The van der Waals surface area contributed by atoms with Crippen molar-refractivity contribution in [1.82, 2.24) is 4.90 Å². The molecule has 0 aliphatic carbocycles. The molecule has 31 heavy (non-hydrogen) atoms. The highest BCUT2D eigenvalue weighted by molar-refractivity contribution is 6.42. The van der Waals surface area contributed by atoms with Crippen molar-refractivity contribution < 1.29 is 9.47 Å². The predicted molar refractivity (Wildman–Crippen MR) is 129 cm³/mol. The lowest BCUT2D eigenvalue weighted by Gasteiger charge is -2.32. The van der Waals surface area contributed by atoms with E-state index in [0.717, 1.165) is 37.9 Å². The van der Waals surface area contributed by atoms with Gasteiger partial charge in [0, 0.05) is 12.6 Å². The third-order valence-electron chi connectivity index (χ3n) is 5.93. The van der Waals surface area contributed by atoms with Gasteiger partial charge in [0.05, 0.1) is 35.7 Å². The van der Waals surface area contributed by atoms with E-state index in [9.17, 15) is 5.26 Å². The molecule has 2 rings (SSSR count). The van der Waals surface area contributed by atoms with Gasteiger partial charge in [0.1, 0.15) is 11.5 Å². The second kappa shape index (κ2) is 11.6. The van der Waals surface area contributed by atoms with Crippen molar-refractivity contribution in [3.05, 3.63) is 57.6 Å². The summed E-state index contributed by atoms with van der Waals surface area (Å²) in [4.78, 5) is 2.29. The molecule has 168 valence electrons. The zero-order chi connectivity index (χ0) is 23.0. The van der Waals surface area contributed by atoms with E-state index in [1.54, 1.807) is 14.2 Å². The maximum atomic E-state index is 10.2. The van der Waals surface area contributed by atoms with Gasteiger partial charge < -0.3 is 14.4 Å². The molecule has 6 heteroatoms. The fourth-order valence-electron chi connectivity index (χ4n) is 3.84. The fourth-order valence-corrected chi connectivity index (χ4v) is 4.16. The smallest absolute Gasteiger partial charge is 0.122 e. The van der Waals surface area contributed by atoms with Crippen LogP contribution in [0.3, 0.4) is 0 Å². The van der Waals surface area contributed by atoms with Crippen LogP contribution in [0.15, 0.2) is 36.4 Å².